The lowest BCUT2D eigenvalue weighted by Gasteiger charge is -2.15. The Bertz CT molecular complexity index is 142. The summed E-state index contributed by atoms with van der Waals surface area (Å²) in [4.78, 5) is 2.31. The van der Waals surface area contributed by atoms with Gasteiger partial charge < -0.3 is 4.90 Å². The molecule has 0 aliphatic rings. The molecule has 1 atom stereocenters. The molecule has 0 heterocycles. The lowest BCUT2D eigenvalue weighted by molar-refractivity contribution is 0.323. The van der Waals surface area contributed by atoms with Crippen LogP contribution in [0.25, 0.3) is 0 Å². The van der Waals surface area contributed by atoms with Crippen LogP contribution in [0.3, 0.4) is 0 Å². The molecular weight excluding hydrogens is 205 g/mol. The number of rotatable bonds is 8. The smallest absolute Gasteiger partial charge is 0.303 e. The molecular formula is C8H19NO2PS+. The van der Waals surface area contributed by atoms with E-state index < -0.39 is 7.23 Å². The number of hydrogen-bond acceptors (Lipinski definition) is 4. The van der Waals surface area contributed by atoms with Crippen LogP contribution in [0.2, 0.25) is 0 Å². The van der Waals surface area contributed by atoms with Crippen LogP contribution in [0, 0.1) is 0 Å². The quantitative estimate of drug-likeness (QED) is 0.593. The van der Waals surface area contributed by atoms with Crippen molar-refractivity contribution in [3.63, 3.8) is 0 Å². The van der Waals surface area contributed by atoms with Gasteiger partial charge in [-0.15, -0.1) is 4.52 Å². The van der Waals surface area contributed by atoms with Crippen molar-refractivity contribution in [2.75, 3.05) is 32.0 Å². The summed E-state index contributed by atoms with van der Waals surface area (Å²) in [5.74, 6) is 0.886. The van der Waals surface area contributed by atoms with Gasteiger partial charge in [0, 0.05) is 6.54 Å². The van der Waals surface area contributed by atoms with E-state index in [0.29, 0.717) is 6.61 Å². The molecule has 0 spiro atoms. The van der Waals surface area contributed by atoms with Gasteiger partial charge in [-0.3, -0.25) is 0 Å². The fraction of sp³-hybridized carbons (Fsp3) is 1.00. The Morgan fingerprint density at radius 2 is 1.92 bits per heavy atom. The Balaban J connectivity index is 3.37. The molecule has 0 N–H and O–H groups in total. The van der Waals surface area contributed by atoms with Gasteiger partial charge >= 0.3 is 7.23 Å². The molecule has 0 saturated carbocycles. The Morgan fingerprint density at radius 1 is 1.31 bits per heavy atom. The van der Waals surface area contributed by atoms with Crippen LogP contribution in [0.1, 0.15) is 20.8 Å². The van der Waals surface area contributed by atoms with Crippen molar-refractivity contribution in [2.45, 2.75) is 20.8 Å². The van der Waals surface area contributed by atoms with Gasteiger partial charge in [-0.25, -0.2) is 0 Å². The van der Waals surface area contributed by atoms with E-state index in [1.807, 2.05) is 6.92 Å². The summed E-state index contributed by atoms with van der Waals surface area (Å²) in [6.07, 6.45) is 0. The van der Waals surface area contributed by atoms with Gasteiger partial charge in [0.2, 0.25) is 0 Å². The Hall–Kier alpha value is 0.370. The van der Waals surface area contributed by atoms with Crippen molar-refractivity contribution in [2.24, 2.45) is 0 Å². The summed E-state index contributed by atoms with van der Waals surface area (Å²) in [6, 6.07) is 0. The van der Waals surface area contributed by atoms with Crippen molar-refractivity contribution < 1.29 is 9.09 Å². The fourth-order valence-electron chi connectivity index (χ4n) is 0.927. The summed E-state index contributed by atoms with van der Waals surface area (Å²) in [6.45, 7) is 9.77. The van der Waals surface area contributed by atoms with Gasteiger partial charge in [0.15, 0.2) is 11.4 Å². The molecule has 0 aromatic heterocycles. The predicted molar refractivity (Wildman–Crippen MR) is 59.5 cm³/mol. The molecule has 0 aliphatic heterocycles. The third-order valence-electron chi connectivity index (χ3n) is 1.73. The second-order valence-corrected chi connectivity index (χ2v) is 5.54. The van der Waals surface area contributed by atoms with Gasteiger partial charge in [0.25, 0.3) is 0 Å². The molecule has 0 amide bonds. The molecule has 0 aromatic rings. The molecule has 0 radical (unpaired) electrons. The third kappa shape index (κ3) is 7.44. The standard InChI is InChI=1S/C8H19NO2PS/c1-4-9(5-2)7-8-13-12(10)11-6-3/h4-8H2,1-3H3/q+1. The Morgan fingerprint density at radius 3 is 2.38 bits per heavy atom. The third-order valence-corrected chi connectivity index (χ3v) is 4.27. The van der Waals surface area contributed by atoms with Crippen molar-refractivity contribution >= 4 is 18.6 Å². The van der Waals surface area contributed by atoms with E-state index in [9.17, 15) is 4.57 Å². The van der Waals surface area contributed by atoms with E-state index in [-0.39, 0.29) is 0 Å². The summed E-state index contributed by atoms with van der Waals surface area (Å²) >= 11 is 1.41. The summed E-state index contributed by atoms with van der Waals surface area (Å²) in [5, 5.41) is 0. The Kier molecular flexibility index (Phi) is 9.20. The minimum atomic E-state index is -1.48. The average molecular weight is 224 g/mol. The largest absolute Gasteiger partial charge is 0.585 e. The zero-order valence-corrected chi connectivity index (χ0v) is 10.4. The minimum absolute atomic E-state index is 0.535. The summed E-state index contributed by atoms with van der Waals surface area (Å²) in [5.41, 5.74) is 0. The first-order valence-electron chi connectivity index (χ1n) is 4.70. The predicted octanol–water partition coefficient (Wildman–Crippen LogP) is 2.76. The molecule has 0 fully saturated rings. The monoisotopic (exact) mass is 224 g/mol. The Labute approximate surface area is 85.8 Å². The van der Waals surface area contributed by atoms with E-state index in [0.717, 1.165) is 25.4 Å². The van der Waals surface area contributed by atoms with Crippen LogP contribution in [0.15, 0.2) is 0 Å². The molecule has 5 heteroatoms. The van der Waals surface area contributed by atoms with Gasteiger partial charge in [0.05, 0.1) is 5.75 Å². The first kappa shape index (κ1) is 13.4. The van der Waals surface area contributed by atoms with Gasteiger partial charge in [0.1, 0.15) is 6.61 Å². The SMILES string of the molecule is CCO[P+](=O)SCCN(CC)CC. The van der Waals surface area contributed by atoms with E-state index in [4.69, 9.17) is 4.52 Å². The van der Waals surface area contributed by atoms with Crippen LogP contribution in [0.5, 0.6) is 0 Å². The van der Waals surface area contributed by atoms with Crippen LogP contribution < -0.4 is 0 Å². The van der Waals surface area contributed by atoms with Gasteiger partial charge in [-0.05, 0) is 24.6 Å². The average Bonchev–Trinajstić information content (AvgIpc) is 2.13. The van der Waals surface area contributed by atoms with E-state index >= 15 is 0 Å². The summed E-state index contributed by atoms with van der Waals surface area (Å²) < 4.78 is 16.0. The zero-order chi connectivity index (χ0) is 10.1. The van der Waals surface area contributed by atoms with Crippen LogP contribution in [-0.2, 0) is 9.09 Å². The normalized spacial score (nSPS) is 12.2. The van der Waals surface area contributed by atoms with Crippen molar-refractivity contribution in [1.82, 2.24) is 4.90 Å². The highest BCUT2D eigenvalue weighted by atomic mass is 32.7. The van der Waals surface area contributed by atoms with Crippen molar-refractivity contribution in [1.29, 1.82) is 0 Å². The first-order valence-corrected chi connectivity index (χ1v) is 7.46. The first-order chi connectivity index (χ1) is 6.24. The molecule has 0 aliphatic carbocycles. The molecule has 78 valence electrons. The maximum atomic E-state index is 11.1. The van der Waals surface area contributed by atoms with Crippen LogP contribution >= 0.6 is 18.6 Å². The highest BCUT2D eigenvalue weighted by Gasteiger charge is 2.18. The number of nitrogens with zero attached hydrogens (tertiary/aromatic N) is 1. The van der Waals surface area contributed by atoms with Crippen LogP contribution in [-0.4, -0.2) is 36.9 Å². The van der Waals surface area contributed by atoms with Crippen LogP contribution in [0.4, 0.5) is 0 Å². The topological polar surface area (TPSA) is 29.5 Å². The highest BCUT2D eigenvalue weighted by molar-refractivity contribution is 8.50. The molecule has 0 rings (SSSR count). The van der Waals surface area contributed by atoms with E-state index in [1.54, 1.807) is 0 Å². The van der Waals surface area contributed by atoms with Crippen molar-refractivity contribution in [3.05, 3.63) is 0 Å². The fourth-order valence-corrected chi connectivity index (χ4v) is 2.93. The molecule has 0 bridgehead atoms. The van der Waals surface area contributed by atoms with Gasteiger partial charge in [-0.2, -0.15) is 0 Å². The molecule has 1 unspecified atom stereocenters. The lowest BCUT2D eigenvalue weighted by Crippen LogP contribution is -2.25. The second-order valence-electron chi connectivity index (χ2n) is 2.50. The molecule has 0 saturated heterocycles. The molecule has 3 nitrogen and oxygen atoms in total. The van der Waals surface area contributed by atoms with E-state index in [2.05, 4.69) is 18.7 Å². The summed E-state index contributed by atoms with van der Waals surface area (Å²) in [7, 11) is -1.48. The minimum Gasteiger partial charge on any atom is -0.303 e. The maximum absolute atomic E-state index is 11.1. The maximum Gasteiger partial charge on any atom is 0.585 e. The molecule has 13 heavy (non-hydrogen) atoms. The second kappa shape index (κ2) is 8.95. The lowest BCUT2D eigenvalue weighted by atomic mass is 10.5. The van der Waals surface area contributed by atoms with Gasteiger partial charge in [-0.1, -0.05) is 13.8 Å². The zero-order valence-electron chi connectivity index (χ0n) is 8.65. The molecule has 0 aromatic carbocycles. The number of hydrogen-bond donors (Lipinski definition) is 0. The van der Waals surface area contributed by atoms with E-state index in [1.165, 1.54) is 11.4 Å². The highest BCUT2D eigenvalue weighted by Crippen LogP contribution is 2.38. The van der Waals surface area contributed by atoms with Crippen molar-refractivity contribution in [3.8, 4) is 0 Å².